The van der Waals surface area contributed by atoms with Gasteiger partial charge in [-0.3, -0.25) is 19.4 Å². The molecule has 1 saturated heterocycles. The fourth-order valence-corrected chi connectivity index (χ4v) is 6.02. The molecule has 10 heteroatoms. The van der Waals surface area contributed by atoms with E-state index in [1.54, 1.807) is 7.11 Å². The standard InChI is InChI=1S/C31H40N2O5.CH2O3/c1-22(25-9-11-27-26(19-25)14-16-37-27)32(20-23-6-4-3-5-7-23)21-24-8-10-28(29(18-24)36-2)38-17-15-33-30(34)12-13-31(33)35;2-1(3)4/h8-11,18-19,22-23H,3-7,12-17,20-21H2,1-2H3;(H2,2,3,4)/t22-;/m0./s1. The highest BCUT2D eigenvalue weighted by Gasteiger charge is 2.28. The predicted octanol–water partition coefficient (Wildman–Crippen LogP) is 5.52. The lowest BCUT2D eigenvalue weighted by atomic mass is 9.88. The second kappa shape index (κ2) is 14.9. The van der Waals surface area contributed by atoms with Gasteiger partial charge in [0.25, 0.3) is 0 Å². The van der Waals surface area contributed by atoms with Gasteiger partial charge in [-0.15, -0.1) is 0 Å². The Labute approximate surface area is 247 Å². The molecule has 0 aromatic heterocycles. The minimum absolute atomic E-state index is 0.121. The van der Waals surface area contributed by atoms with Crippen LogP contribution in [0.1, 0.15) is 74.6 Å². The molecular formula is C32H42N2O8. The molecule has 2 amide bonds. The van der Waals surface area contributed by atoms with Gasteiger partial charge in [-0.25, -0.2) is 4.79 Å². The Morgan fingerprint density at radius 2 is 1.74 bits per heavy atom. The Balaban J connectivity index is 0.000000952. The maximum Gasteiger partial charge on any atom is 0.503 e. The number of amides is 2. The first-order valence-corrected chi connectivity index (χ1v) is 14.8. The van der Waals surface area contributed by atoms with Crippen molar-refractivity contribution in [1.82, 2.24) is 9.80 Å². The molecule has 10 nitrogen and oxygen atoms in total. The van der Waals surface area contributed by atoms with E-state index in [0.29, 0.717) is 24.3 Å². The number of ether oxygens (including phenoxy) is 3. The molecule has 2 heterocycles. The third kappa shape index (κ3) is 8.38. The van der Waals surface area contributed by atoms with E-state index in [2.05, 4.69) is 42.2 Å². The third-order valence-corrected chi connectivity index (χ3v) is 8.30. The average molecular weight is 583 g/mol. The summed E-state index contributed by atoms with van der Waals surface area (Å²) in [6, 6.07) is 13.0. The van der Waals surface area contributed by atoms with Gasteiger partial charge in [-0.1, -0.05) is 37.5 Å². The van der Waals surface area contributed by atoms with Crippen LogP contribution in [0.2, 0.25) is 0 Å². The van der Waals surface area contributed by atoms with Crippen LogP contribution in [0.25, 0.3) is 0 Å². The van der Waals surface area contributed by atoms with Crippen molar-refractivity contribution in [1.29, 1.82) is 0 Å². The molecule has 2 fully saturated rings. The quantitative estimate of drug-likeness (QED) is 0.329. The minimum atomic E-state index is -1.83. The number of carbonyl (C=O) groups is 3. The highest BCUT2D eigenvalue weighted by Crippen LogP contribution is 2.34. The average Bonchev–Trinajstić information content (AvgIpc) is 3.58. The summed E-state index contributed by atoms with van der Waals surface area (Å²) in [5.74, 6) is 2.80. The number of likely N-dealkylation sites (tertiary alicyclic amines) is 1. The first kappa shape index (κ1) is 31.2. The highest BCUT2D eigenvalue weighted by atomic mass is 16.6. The fraction of sp³-hybridized carbons (Fsp3) is 0.531. The number of fused-ring (bicyclic) bond motifs is 1. The zero-order valence-electron chi connectivity index (χ0n) is 24.5. The van der Waals surface area contributed by atoms with Crippen molar-refractivity contribution in [3.05, 3.63) is 53.1 Å². The lowest BCUT2D eigenvalue weighted by molar-refractivity contribution is -0.138. The Morgan fingerprint density at radius 3 is 2.43 bits per heavy atom. The predicted molar refractivity (Wildman–Crippen MR) is 156 cm³/mol. The molecule has 2 aliphatic heterocycles. The molecule has 1 atom stereocenters. The Kier molecular flexibility index (Phi) is 11.1. The lowest BCUT2D eigenvalue weighted by Crippen LogP contribution is -2.33. The van der Waals surface area contributed by atoms with E-state index in [4.69, 9.17) is 29.2 Å². The molecule has 2 aromatic rings. The number of carbonyl (C=O) groups excluding carboxylic acids is 2. The molecular weight excluding hydrogens is 540 g/mol. The summed E-state index contributed by atoms with van der Waals surface area (Å²) >= 11 is 0. The number of benzene rings is 2. The van der Waals surface area contributed by atoms with Crippen LogP contribution in [0.15, 0.2) is 36.4 Å². The largest absolute Gasteiger partial charge is 0.503 e. The Bertz CT molecular complexity index is 1220. The van der Waals surface area contributed by atoms with E-state index >= 15 is 0 Å². The van der Waals surface area contributed by atoms with Crippen LogP contribution in [0, 0.1) is 5.92 Å². The lowest BCUT2D eigenvalue weighted by Gasteiger charge is -2.34. The van der Waals surface area contributed by atoms with Gasteiger partial charge in [0.15, 0.2) is 11.5 Å². The Morgan fingerprint density at radius 1 is 1.02 bits per heavy atom. The summed E-state index contributed by atoms with van der Waals surface area (Å²) in [4.78, 5) is 36.2. The molecule has 3 aliphatic rings. The summed E-state index contributed by atoms with van der Waals surface area (Å²) in [6.07, 6.45) is 6.37. The van der Waals surface area contributed by atoms with Gasteiger partial charge in [0, 0.05) is 38.4 Å². The summed E-state index contributed by atoms with van der Waals surface area (Å²) in [7, 11) is 1.65. The van der Waals surface area contributed by atoms with E-state index in [0.717, 1.165) is 37.8 Å². The third-order valence-electron chi connectivity index (χ3n) is 8.30. The van der Waals surface area contributed by atoms with Crippen LogP contribution >= 0.6 is 0 Å². The molecule has 0 radical (unpaired) electrons. The van der Waals surface area contributed by atoms with Crippen LogP contribution in [0.5, 0.6) is 17.2 Å². The first-order valence-electron chi connectivity index (χ1n) is 14.8. The van der Waals surface area contributed by atoms with E-state index in [9.17, 15) is 9.59 Å². The van der Waals surface area contributed by atoms with Gasteiger partial charge >= 0.3 is 6.16 Å². The van der Waals surface area contributed by atoms with Crippen molar-refractivity contribution < 1.29 is 38.8 Å². The highest BCUT2D eigenvalue weighted by molar-refractivity contribution is 6.01. The maximum absolute atomic E-state index is 11.9. The zero-order valence-corrected chi connectivity index (χ0v) is 24.5. The van der Waals surface area contributed by atoms with Gasteiger partial charge in [0.2, 0.25) is 11.8 Å². The maximum atomic E-state index is 11.9. The number of methoxy groups -OCH3 is 1. The number of hydrogen-bond acceptors (Lipinski definition) is 7. The van der Waals surface area contributed by atoms with Gasteiger partial charge in [0.1, 0.15) is 12.4 Å². The molecule has 2 aromatic carbocycles. The molecule has 42 heavy (non-hydrogen) atoms. The van der Waals surface area contributed by atoms with Gasteiger partial charge in [-0.05, 0) is 60.6 Å². The SMILES string of the molecule is COc1cc(CN(CC2CCCCC2)[C@@H](C)c2ccc3c(c2)CCO3)ccc1OCCN1C(=O)CCC1=O.O=C(O)O. The molecule has 5 rings (SSSR count). The van der Waals surface area contributed by atoms with Crippen LogP contribution in [-0.2, 0) is 22.6 Å². The van der Waals surface area contributed by atoms with Crippen LogP contribution < -0.4 is 14.2 Å². The van der Waals surface area contributed by atoms with Crippen LogP contribution in [0.4, 0.5) is 4.79 Å². The second-order valence-corrected chi connectivity index (χ2v) is 11.1. The second-order valence-electron chi connectivity index (χ2n) is 11.1. The molecule has 228 valence electrons. The van der Waals surface area contributed by atoms with E-state index in [1.807, 2.05) is 6.07 Å². The van der Waals surface area contributed by atoms with Crippen molar-refractivity contribution >= 4 is 18.0 Å². The molecule has 1 saturated carbocycles. The summed E-state index contributed by atoms with van der Waals surface area (Å²) in [5, 5.41) is 13.9. The number of imide groups is 1. The summed E-state index contributed by atoms with van der Waals surface area (Å²) in [5.41, 5.74) is 3.82. The van der Waals surface area contributed by atoms with E-state index in [1.165, 1.54) is 53.7 Å². The molecule has 0 unspecified atom stereocenters. The topological polar surface area (TPSA) is 126 Å². The number of nitrogens with zero attached hydrogens (tertiary/aromatic N) is 2. The van der Waals surface area contributed by atoms with Crippen molar-refractivity contribution in [3.8, 4) is 17.2 Å². The normalized spacial score (nSPS) is 17.4. The van der Waals surface area contributed by atoms with E-state index in [-0.39, 0.29) is 31.0 Å². The van der Waals surface area contributed by atoms with Crippen molar-refractivity contribution in [3.63, 3.8) is 0 Å². The molecule has 0 spiro atoms. The van der Waals surface area contributed by atoms with Crippen molar-refractivity contribution in [2.24, 2.45) is 5.92 Å². The first-order chi connectivity index (χ1) is 20.2. The summed E-state index contributed by atoms with van der Waals surface area (Å²) in [6.45, 7) is 5.50. The number of rotatable bonds is 11. The van der Waals surface area contributed by atoms with Gasteiger partial charge in [0.05, 0.1) is 20.3 Å². The smallest absolute Gasteiger partial charge is 0.493 e. The number of carboxylic acid groups (broad SMARTS) is 2. The van der Waals surface area contributed by atoms with Crippen LogP contribution in [-0.4, -0.2) is 71.4 Å². The fourth-order valence-electron chi connectivity index (χ4n) is 6.02. The van der Waals surface area contributed by atoms with Crippen molar-refractivity contribution in [2.45, 2.75) is 70.9 Å². The monoisotopic (exact) mass is 582 g/mol. The van der Waals surface area contributed by atoms with Crippen molar-refractivity contribution in [2.75, 3.05) is 33.4 Å². The summed E-state index contributed by atoms with van der Waals surface area (Å²) < 4.78 is 17.3. The van der Waals surface area contributed by atoms with E-state index < -0.39 is 6.16 Å². The molecule has 2 N–H and O–H groups in total. The molecule has 0 bridgehead atoms. The Hall–Kier alpha value is -3.79. The zero-order chi connectivity index (χ0) is 30.1. The van der Waals surface area contributed by atoms with Gasteiger partial charge in [-0.2, -0.15) is 0 Å². The number of hydrogen-bond donors (Lipinski definition) is 2. The molecule has 1 aliphatic carbocycles. The minimum Gasteiger partial charge on any atom is -0.493 e. The van der Waals surface area contributed by atoms with Crippen LogP contribution in [0.3, 0.4) is 0 Å². The van der Waals surface area contributed by atoms with Gasteiger partial charge < -0.3 is 24.4 Å².